The van der Waals surface area contributed by atoms with Gasteiger partial charge in [0.05, 0.1) is 16.1 Å². The quantitative estimate of drug-likeness (QED) is 0.639. The lowest BCUT2D eigenvalue weighted by Crippen LogP contribution is -2.31. The summed E-state index contributed by atoms with van der Waals surface area (Å²) in [5.74, 6) is 0.719. The molecule has 1 saturated heterocycles. The number of sulfonamides is 1. The first-order valence-corrected chi connectivity index (χ1v) is 11.2. The fourth-order valence-electron chi connectivity index (χ4n) is 3.25. The third kappa shape index (κ3) is 3.87. The number of fused-ring (bicyclic) bond motifs is 1. The van der Waals surface area contributed by atoms with Gasteiger partial charge >= 0.3 is 0 Å². The molecule has 4 rings (SSSR count). The largest absolute Gasteiger partial charge is 0.354 e. The summed E-state index contributed by atoms with van der Waals surface area (Å²) < 4.78 is 28.6. The molecule has 2 heterocycles. The Balaban J connectivity index is 1.81. The molecule has 6 nitrogen and oxygen atoms in total. The number of nitrogens with zero attached hydrogens (tertiary/aromatic N) is 3. The van der Waals surface area contributed by atoms with Crippen LogP contribution in [0.5, 0.6) is 0 Å². The van der Waals surface area contributed by atoms with Gasteiger partial charge in [0.15, 0.2) is 11.6 Å². The van der Waals surface area contributed by atoms with Crippen molar-refractivity contribution in [3.8, 4) is 0 Å². The zero-order valence-corrected chi connectivity index (χ0v) is 17.2. The Morgan fingerprint density at radius 3 is 2.32 bits per heavy atom. The molecule has 146 valence electrons. The van der Waals surface area contributed by atoms with Crippen LogP contribution in [0.4, 0.5) is 11.6 Å². The van der Waals surface area contributed by atoms with Crippen molar-refractivity contribution in [2.45, 2.75) is 24.2 Å². The highest BCUT2D eigenvalue weighted by Crippen LogP contribution is 2.31. The van der Waals surface area contributed by atoms with Crippen molar-refractivity contribution in [2.24, 2.45) is 0 Å². The molecule has 0 atom stereocenters. The van der Waals surface area contributed by atoms with Crippen molar-refractivity contribution in [1.82, 2.24) is 9.97 Å². The van der Waals surface area contributed by atoms with Gasteiger partial charge in [-0.15, -0.1) is 0 Å². The number of benzene rings is 2. The molecule has 0 unspecified atom stereocenters. The van der Waals surface area contributed by atoms with Crippen LogP contribution in [0.1, 0.15) is 19.3 Å². The molecule has 1 fully saturated rings. The first-order chi connectivity index (χ1) is 13.4. The van der Waals surface area contributed by atoms with Crippen LogP contribution in [-0.4, -0.2) is 31.5 Å². The summed E-state index contributed by atoms with van der Waals surface area (Å²) in [5.41, 5.74) is 1.32. The van der Waals surface area contributed by atoms with Crippen LogP contribution < -0.4 is 9.62 Å². The van der Waals surface area contributed by atoms with Gasteiger partial charge in [-0.05, 0) is 49.6 Å². The number of anilines is 2. The molecule has 0 amide bonds. The highest BCUT2D eigenvalue weighted by Gasteiger charge is 2.24. The molecule has 0 saturated carbocycles. The molecule has 1 aliphatic rings. The van der Waals surface area contributed by atoms with Gasteiger partial charge in [-0.25, -0.2) is 18.4 Å². The summed E-state index contributed by atoms with van der Waals surface area (Å²) in [6, 6.07) is 11.7. The van der Waals surface area contributed by atoms with E-state index in [9.17, 15) is 8.42 Å². The topological polar surface area (TPSA) is 75.2 Å². The zero-order chi connectivity index (χ0) is 19.7. The van der Waals surface area contributed by atoms with E-state index in [4.69, 9.17) is 28.2 Å². The van der Waals surface area contributed by atoms with Crippen LogP contribution in [0.2, 0.25) is 10.0 Å². The smallest absolute Gasteiger partial charge is 0.264 e. The maximum absolute atomic E-state index is 13.0. The van der Waals surface area contributed by atoms with E-state index in [-0.39, 0.29) is 20.8 Å². The molecule has 3 aromatic rings. The minimum Gasteiger partial charge on any atom is -0.354 e. The van der Waals surface area contributed by atoms with E-state index in [0.717, 1.165) is 32.4 Å². The monoisotopic (exact) mass is 436 g/mol. The lowest BCUT2D eigenvalue weighted by Gasteiger charge is -2.29. The lowest BCUT2D eigenvalue weighted by molar-refractivity contribution is 0.574. The van der Waals surface area contributed by atoms with E-state index >= 15 is 0 Å². The third-order valence-electron chi connectivity index (χ3n) is 4.62. The molecule has 1 aliphatic heterocycles. The van der Waals surface area contributed by atoms with Gasteiger partial charge in [0.2, 0.25) is 0 Å². The van der Waals surface area contributed by atoms with Gasteiger partial charge in [-0.1, -0.05) is 35.3 Å². The number of aromatic nitrogens is 2. The first-order valence-electron chi connectivity index (χ1n) is 8.94. The number of para-hydroxylation sites is 2. The van der Waals surface area contributed by atoms with Crippen LogP contribution in [0.15, 0.2) is 47.4 Å². The maximum Gasteiger partial charge on any atom is 0.264 e. The highest BCUT2D eigenvalue weighted by molar-refractivity contribution is 7.92. The van der Waals surface area contributed by atoms with E-state index in [1.807, 2.05) is 18.2 Å². The highest BCUT2D eigenvalue weighted by atomic mass is 35.5. The number of halogens is 2. The molecule has 28 heavy (non-hydrogen) atoms. The van der Waals surface area contributed by atoms with Crippen LogP contribution in [0.25, 0.3) is 11.0 Å². The third-order valence-corrected chi connectivity index (χ3v) is 6.68. The zero-order valence-electron chi connectivity index (χ0n) is 14.9. The van der Waals surface area contributed by atoms with E-state index in [0.29, 0.717) is 16.9 Å². The standard InChI is InChI=1S/C19H18Cl2N4O2S/c20-13-8-9-14(21)17(12-13)28(26,27)24-18-19(25-10-4-1-5-11-25)23-16-7-3-2-6-15(16)22-18/h2-3,6-9,12H,1,4-5,10-11H2,(H,22,24). The summed E-state index contributed by atoms with van der Waals surface area (Å²) in [4.78, 5) is 11.2. The minimum absolute atomic E-state index is 0.0881. The van der Waals surface area contributed by atoms with Crippen molar-refractivity contribution >= 4 is 55.9 Å². The average Bonchev–Trinajstić information content (AvgIpc) is 2.69. The van der Waals surface area contributed by atoms with Gasteiger partial charge in [0, 0.05) is 18.1 Å². The van der Waals surface area contributed by atoms with Crippen LogP contribution in [-0.2, 0) is 10.0 Å². The molecule has 0 radical (unpaired) electrons. The first kappa shape index (κ1) is 19.2. The summed E-state index contributed by atoms with van der Waals surface area (Å²) in [6.45, 7) is 1.61. The number of hydrogen-bond donors (Lipinski definition) is 1. The summed E-state index contributed by atoms with van der Waals surface area (Å²) in [6.07, 6.45) is 3.21. The second kappa shape index (κ2) is 7.73. The minimum atomic E-state index is -3.99. The predicted octanol–water partition coefficient (Wildman–Crippen LogP) is 4.73. The molecule has 0 spiro atoms. The van der Waals surface area contributed by atoms with Crippen LogP contribution >= 0.6 is 23.2 Å². The number of hydrogen-bond acceptors (Lipinski definition) is 5. The Kier molecular flexibility index (Phi) is 5.31. The van der Waals surface area contributed by atoms with E-state index in [1.54, 1.807) is 6.07 Å². The molecule has 1 aromatic heterocycles. The molecule has 9 heteroatoms. The Bertz CT molecular complexity index is 1130. The number of piperidine rings is 1. The second-order valence-corrected chi connectivity index (χ2v) is 9.11. The molecular formula is C19H18Cl2N4O2S. The Hall–Kier alpha value is -2.09. The van der Waals surface area contributed by atoms with Gasteiger partial charge < -0.3 is 4.90 Å². The van der Waals surface area contributed by atoms with Crippen molar-refractivity contribution < 1.29 is 8.42 Å². The predicted molar refractivity (Wildman–Crippen MR) is 113 cm³/mol. The maximum atomic E-state index is 13.0. The molecule has 0 bridgehead atoms. The van der Waals surface area contributed by atoms with E-state index < -0.39 is 10.0 Å². The van der Waals surface area contributed by atoms with Crippen molar-refractivity contribution in [3.05, 3.63) is 52.5 Å². The van der Waals surface area contributed by atoms with E-state index in [2.05, 4.69) is 14.6 Å². The van der Waals surface area contributed by atoms with Crippen molar-refractivity contribution in [2.75, 3.05) is 22.7 Å². The van der Waals surface area contributed by atoms with Gasteiger partial charge in [0.1, 0.15) is 4.90 Å². The molecule has 2 aromatic carbocycles. The van der Waals surface area contributed by atoms with Crippen molar-refractivity contribution in [3.63, 3.8) is 0 Å². The lowest BCUT2D eigenvalue weighted by atomic mass is 10.1. The second-order valence-electron chi connectivity index (χ2n) is 6.61. The van der Waals surface area contributed by atoms with Gasteiger partial charge in [-0.3, -0.25) is 4.72 Å². The fraction of sp³-hybridized carbons (Fsp3) is 0.263. The van der Waals surface area contributed by atoms with E-state index in [1.165, 1.54) is 18.2 Å². The van der Waals surface area contributed by atoms with Crippen LogP contribution in [0, 0.1) is 0 Å². The van der Waals surface area contributed by atoms with Gasteiger partial charge in [-0.2, -0.15) is 0 Å². The van der Waals surface area contributed by atoms with Crippen molar-refractivity contribution in [1.29, 1.82) is 0 Å². The average molecular weight is 437 g/mol. The number of rotatable bonds is 4. The number of nitrogens with one attached hydrogen (secondary N) is 1. The Morgan fingerprint density at radius 2 is 1.61 bits per heavy atom. The summed E-state index contributed by atoms with van der Waals surface area (Å²) in [7, 11) is -3.99. The molecular weight excluding hydrogens is 419 g/mol. The SMILES string of the molecule is O=S(=O)(Nc1nc2ccccc2nc1N1CCCCC1)c1cc(Cl)ccc1Cl. The summed E-state index contributed by atoms with van der Waals surface area (Å²) >= 11 is 12.1. The normalized spacial score (nSPS) is 15.0. The Labute approximate surface area is 173 Å². The fourth-order valence-corrected chi connectivity index (χ4v) is 5.02. The van der Waals surface area contributed by atoms with Gasteiger partial charge in [0.25, 0.3) is 10.0 Å². The molecule has 0 aliphatic carbocycles. The molecule has 1 N–H and O–H groups in total. The van der Waals surface area contributed by atoms with Crippen LogP contribution in [0.3, 0.4) is 0 Å². The Morgan fingerprint density at radius 1 is 0.929 bits per heavy atom. The summed E-state index contributed by atoms with van der Waals surface area (Å²) in [5, 5.41) is 0.371.